The number of phenols is 1. The van der Waals surface area contributed by atoms with Crippen LogP contribution in [0.2, 0.25) is 0 Å². The van der Waals surface area contributed by atoms with Gasteiger partial charge in [0.05, 0.1) is 13.2 Å². The maximum Gasteiger partial charge on any atom is 0.119 e. The van der Waals surface area contributed by atoms with Gasteiger partial charge in [-0.3, -0.25) is 0 Å². The van der Waals surface area contributed by atoms with Gasteiger partial charge >= 0.3 is 0 Å². The topological polar surface area (TPSA) is 38.7 Å². The zero-order valence-electron chi connectivity index (χ0n) is 15.6. The predicted octanol–water partition coefficient (Wildman–Crippen LogP) is 5.34. The summed E-state index contributed by atoms with van der Waals surface area (Å²) in [4.78, 5) is 0. The molecule has 0 bridgehead atoms. The Morgan fingerprint density at radius 1 is 1.04 bits per heavy atom. The van der Waals surface area contributed by atoms with Crippen molar-refractivity contribution in [1.82, 2.24) is 0 Å². The molecule has 0 aromatic heterocycles. The highest BCUT2D eigenvalue weighted by molar-refractivity contribution is 5.27. The van der Waals surface area contributed by atoms with Crippen molar-refractivity contribution in [3.05, 3.63) is 78.6 Å². The molecule has 0 aliphatic rings. The first-order chi connectivity index (χ1) is 11.8. The fourth-order valence-corrected chi connectivity index (χ4v) is 2.08. The Morgan fingerprint density at radius 2 is 1.72 bits per heavy atom. The number of phenolic OH excluding ortho intramolecular Hbond substituents is 1. The molecule has 25 heavy (non-hydrogen) atoms. The summed E-state index contributed by atoms with van der Waals surface area (Å²) in [6.45, 7) is 14.9. The third-order valence-electron chi connectivity index (χ3n) is 3.36. The average Bonchev–Trinajstić information content (AvgIpc) is 2.56. The Hall–Kier alpha value is -2.26. The largest absolute Gasteiger partial charge is 0.508 e. The van der Waals surface area contributed by atoms with Crippen molar-refractivity contribution in [3.8, 4) is 5.75 Å². The first-order valence-electron chi connectivity index (χ1n) is 8.54. The number of hydrogen-bond acceptors (Lipinski definition) is 3. The van der Waals surface area contributed by atoms with Gasteiger partial charge in [0.2, 0.25) is 0 Å². The molecule has 0 spiro atoms. The van der Waals surface area contributed by atoms with Crippen LogP contribution < -0.4 is 0 Å². The molecule has 1 N–H and O–H groups in total. The minimum Gasteiger partial charge on any atom is -0.508 e. The quantitative estimate of drug-likeness (QED) is 0.354. The van der Waals surface area contributed by atoms with E-state index in [-0.39, 0.29) is 11.4 Å². The number of ether oxygens (including phenoxy) is 2. The molecule has 0 heterocycles. The third-order valence-corrected chi connectivity index (χ3v) is 3.36. The van der Waals surface area contributed by atoms with Crippen molar-refractivity contribution in [2.75, 3.05) is 13.2 Å². The summed E-state index contributed by atoms with van der Waals surface area (Å²) in [5.41, 5.74) is 1.98. The van der Waals surface area contributed by atoms with Crippen LogP contribution in [0, 0.1) is 0 Å². The fraction of sp³-hybridized carbons (Fsp3) is 0.364. The normalized spacial score (nSPS) is 12.8. The lowest BCUT2D eigenvalue weighted by molar-refractivity contribution is 0.0601. The lowest BCUT2D eigenvalue weighted by Gasteiger charge is -2.21. The first kappa shape index (κ1) is 20.8. The summed E-state index contributed by atoms with van der Waals surface area (Å²) in [6.07, 6.45) is 9.04. The van der Waals surface area contributed by atoms with Crippen LogP contribution in [0.4, 0.5) is 0 Å². The number of aromatic hydroxyl groups is 1. The molecular formula is C22H30O3. The van der Waals surface area contributed by atoms with E-state index in [0.29, 0.717) is 13.2 Å². The van der Waals surface area contributed by atoms with Crippen LogP contribution in [0.25, 0.3) is 0 Å². The molecular weight excluding hydrogens is 312 g/mol. The summed E-state index contributed by atoms with van der Waals surface area (Å²) in [5.74, 6) is 1.02. The summed E-state index contributed by atoms with van der Waals surface area (Å²) in [5, 5.41) is 9.26. The highest BCUT2D eigenvalue weighted by Gasteiger charge is 2.11. The first-order valence-corrected chi connectivity index (χ1v) is 8.54. The van der Waals surface area contributed by atoms with E-state index in [1.807, 2.05) is 51.1 Å². The number of allylic oxidation sites excluding steroid dienone is 4. The van der Waals surface area contributed by atoms with Gasteiger partial charge in [-0.1, -0.05) is 37.4 Å². The molecule has 0 amide bonds. The maximum absolute atomic E-state index is 9.26. The van der Waals surface area contributed by atoms with Crippen LogP contribution in [0.15, 0.2) is 73.1 Å². The van der Waals surface area contributed by atoms with Crippen LogP contribution in [0.1, 0.15) is 32.8 Å². The second-order valence-corrected chi connectivity index (χ2v) is 6.71. The zero-order valence-corrected chi connectivity index (χ0v) is 15.6. The molecule has 0 saturated heterocycles. The lowest BCUT2D eigenvalue weighted by Crippen LogP contribution is -2.17. The van der Waals surface area contributed by atoms with E-state index in [9.17, 15) is 5.11 Å². The molecule has 3 nitrogen and oxygen atoms in total. The molecule has 0 fully saturated rings. The molecule has 3 heteroatoms. The SMILES string of the molecule is C=C/C(=C\C=C(/C=C)OC(C)(C)C)CCOCCc1ccc(O)cc1. The van der Waals surface area contributed by atoms with Crippen molar-refractivity contribution in [3.63, 3.8) is 0 Å². The van der Waals surface area contributed by atoms with Crippen molar-refractivity contribution >= 4 is 0 Å². The Morgan fingerprint density at radius 3 is 2.28 bits per heavy atom. The van der Waals surface area contributed by atoms with Gasteiger partial charge in [-0.2, -0.15) is 0 Å². The van der Waals surface area contributed by atoms with E-state index in [1.165, 1.54) is 0 Å². The highest BCUT2D eigenvalue weighted by atomic mass is 16.5. The Labute approximate surface area is 152 Å². The second kappa shape index (κ2) is 10.6. The Kier molecular flexibility index (Phi) is 8.79. The van der Waals surface area contributed by atoms with E-state index < -0.39 is 0 Å². The second-order valence-electron chi connectivity index (χ2n) is 6.71. The number of hydrogen-bond donors (Lipinski definition) is 1. The van der Waals surface area contributed by atoms with E-state index in [2.05, 4.69) is 13.2 Å². The lowest BCUT2D eigenvalue weighted by atomic mass is 10.1. The summed E-state index contributed by atoms with van der Waals surface area (Å²) >= 11 is 0. The molecule has 136 valence electrons. The van der Waals surface area contributed by atoms with Gasteiger partial charge in [0.15, 0.2) is 0 Å². The van der Waals surface area contributed by atoms with E-state index >= 15 is 0 Å². The van der Waals surface area contributed by atoms with Gasteiger partial charge in [0.1, 0.15) is 17.1 Å². The van der Waals surface area contributed by atoms with Crippen LogP contribution in [0.3, 0.4) is 0 Å². The van der Waals surface area contributed by atoms with Crippen LogP contribution in [-0.4, -0.2) is 23.9 Å². The van der Waals surface area contributed by atoms with Crippen molar-refractivity contribution in [2.24, 2.45) is 0 Å². The Bertz CT molecular complexity index is 601. The predicted molar refractivity (Wildman–Crippen MR) is 105 cm³/mol. The number of benzene rings is 1. The maximum atomic E-state index is 9.26. The minimum absolute atomic E-state index is 0.250. The number of rotatable bonds is 10. The molecule has 1 aromatic carbocycles. The van der Waals surface area contributed by atoms with E-state index in [0.717, 1.165) is 29.7 Å². The monoisotopic (exact) mass is 342 g/mol. The fourth-order valence-electron chi connectivity index (χ4n) is 2.08. The molecule has 0 saturated carbocycles. The Balaban J connectivity index is 2.40. The smallest absolute Gasteiger partial charge is 0.119 e. The van der Waals surface area contributed by atoms with Crippen LogP contribution in [0.5, 0.6) is 5.75 Å². The van der Waals surface area contributed by atoms with Crippen molar-refractivity contribution in [1.29, 1.82) is 0 Å². The molecule has 0 unspecified atom stereocenters. The summed E-state index contributed by atoms with van der Waals surface area (Å²) in [6, 6.07) is 7.20. The standard InChI is InChI=1S/C22H30O3/c1-6-18(10-13-21(7-2)25-22(3,4)5)14-16-24-17-15-19-8-11-20(23)12-9-19/h6-13,23H,1-2,14-17H2,3-5H3/b18-10+,21-13+. The van der Waals surface area contributed by atoms with E-state index in [1.54, 1.807) is 18.2 Å². The summed E-state index contributed by atoms with van der Waals surface area (Å²) < 4.78 is 11.5. The van der Waals surface area contributed by atoms with E-state index in [4.69, 9.17) is 9.47 Å². The third kappa shape index (κ3) is 9.58. The van der Waals surface area contributed by atoms with Gasteiger partial charge < -0.3 is 14.6 Å². The molecule has 0 aliphatic carbocycles. The van der Waals surface area contributed by atoms with Crippen LogP contribution >= 0.6 is 0 Å². The molecule has 0 atom stereocenters. The van der Waals surface area contributed by atoms with Gasteiger partial charge in [-0.05, 0) is 69.0 Å². The molecule has 1 rings (SSSR count). The van der Waals surface area contributed by atoms with Gasteiger partial charge in [-0.15, -0.1) is 0 Å². The van der Waals surface area contributed by atoms with Crippen LogP contribution in [-0.2, 0) is 15.9 Å². The highest BCUT2D eigenvalue weighted by Crippen LogP contribution is 2.15. The minimum atomic E-state index is -0.250. The van der Waals surface area contributed by atoms with Crippen molar-refractivity contribution < 1.29 is 14.6 Å². The van der Waals surface area contributed by atoms with Gasteiger partial charge in [-0.25, -0.2) is 0 Å². The zero-order chi connectivity index (χ0) is 18.7. The van der Waals surface area contributed by atoms with Crippen molar-refractivity contribution in [2.45, 2.75) is 39.2 Å². The average molecular weight is 342 g/mol. The molecule has 0 aliphatic heterocycles. The molecule has 1 aromatic rings. The molecule has 0 radical (unpaired) electrons. The van der Waals surface area contributed by atoms with Gasteiger partial charge in [0, 0.05) is 0 Å². The van der Waals surface area contributed by atoms with Gasteiger partial charge in [0.25, 0.3) is 0 Å². The summed E-state index contributed by atoms with van der Waals surface area (Å²) in [7, 11) is 0.